The Morgan fingerprint density at radius 3 is 2.67 bits per heavy atom. The summed E-state index contributed by atoms with van der Waals surface area (Å²) in [5.74, 6) is 1.81. The van der Waals surface area contributed by atoms with E-state index in [1.807, 2.05) is 31.2 Å². The molecular weight excluding hydrogens is 246 g/mol. The lowest BCUT2D eigenvalue weighted by molar-refractivity contribution is 0.342. The summed E-state index contributed by atoms with van der Waals surface area (Å²) >= 11 is 0. The predicted octanol–water partition coefficient (Wildman–Crippen LogP) is 2.32. The Morgan fingerprint density at radius 1 is 1.33 bits per heavy atom. The molecule has 0 heterocycles. The van der Waals surface area contributed by atoms with Crippen LogP contribution in [-0.2, 0) is 17.3 Å². The number of ether oxygens (including phenoxy) is 1. The van der Waals surface area contributed by atoms with Gasteiger partial charge in [-0.25, -0.2) is 0 Å². The van der Waals surface area contributed by atoms with Gasteiger partial charge in [0, 0.05) is 22.6 Å². The van der Waals surface area contributed by atoms with Gasteiger partial charge in [-0.1, -0.05) is 32.9 Å². The summed E-state index contributed by atoms with van der Waals surface area (Å²) in [4.78, 5) is 0. The Morgan fingerprint density at radius 2 is 2.06 bits per heavy atom. The van der Waals surface area contributed by atoms with Crippen LogP contribution in [0.3, 0.4) is 0 Å². The molecule has 2 N–H and O–H groups in total. The number of nitrogens with two attached hydrogens (primary N) is 1. The molecule has 2 atom stereocenters. The minimum Gasteiger partial charge on any atom is -0.493 e. The normalized spacial score (nSPS) is 14.5. The smallest absolute Gasteiger partial charge is 0.119 e. The van der Waals surface area contributed by atoms with Crippen LogP contribution in [0.15, 0.2) is 24.3 Å². The number of hydrogen-bond acceptors (Lipinski definition) is 3. The van der Waals surface area contributed by atoms with Gasteiger partial charge in [-0.2, -0.15) is 0 Å². The van der Waals surface area contributed by atoms with Crippen LogP contribution in [0, 0.1) is 5.92 Å². The van der Waals surface area contributed by atoms with Crippen molar-refractivity contribution in [3.05, 3.63) is 29.8 Å². The van der Waals surface area contributed by atoms with Gasteiger partial charge < -0.3 is 10.5 Å². The van der Waals surface area contributed by atoms with Gasteiger partial charge in [-0.15, -0.1) is 0 Å². The molecule has 2 unspecified atom stereocenters. The SMILES string of the molecule is CC(C)C(C)S(=O)CCOc1cccc(CN)c1. The molecule has 0 aromatic heterocycles. The van der Waals surface area contributed by atoms with Crippen LogP contribution in [0.2, 0.25) is 0 Å². The lowest BCUT2D eigenvalue weighted by Gasteiger charge is -2.15. The molecule has 4 heteroatoms. The third-order valence-corrected chi connectivity index (χ3v) is 4.98. The topological polar surface area (TPSA) is 52.3 Å². The van der Waals surface area contributed by atoms with Gasteiger partial charge >= 0.3 is 0 Å². The number of rotatable bonds is 7. The van der Waals surface area contributed by atoms with Crippen LogP contribution in [0.1, 0.15) is 26.3 Å². The molecule has 3 nitrogen and oxygen atoms in total. The molecule has 102 valence electrons. The van der Waals surface area contributed by atoms with Crippen molar-refractivity contribution in [1.82, 2.24) is 0 Å². The fourth-order valence-corrected chi connectivity index (χ4v) is 2.72. The Bertz CT molecular complexity index is 393. The zero-order valence-corrected chi connectivity index (χ0v) is 12.2. The fourth-order valence-electron chi connectivity index (χ4n) is 1.49. The number of hydrogen-bond donors (Lipinski definition) is 1. The standard InChI is InChI=1S/C14H23NO2S/c1-11(2)12(3)18(16)8-7-17-14-6-4-5-13(9-14)10-15/h4-6,9,11-12H,7-8,10,15H2,1-3H3. The zero-order valence-electron chi connectivity index (χ0n) is 11.4. The van der Waals surface area contributed by atoms with E-state index < -0.39 is 10.8 Å². The van der Waals surface area contributed by atoms with Crippen LogP contribution in [0.5, 0.6) is 5.75 Å². The van der Waals surface area contributed by atoms with Crippen molar-refractivity contribution >= 4 is 10.8 Å². The van der Waals surface area contributed by atoms with E-state index in [0.29, 0.717) is 24.8 Å². The van der Waals surface area contributed by atoms with E-state index in [2.05, 4.69) is 13.8 Å². The minimum atomic E-state index is -0.825. The Balaban J connectivity index is 2.39. The van der Waals surface area contributed by atoms with Gasteiger partial charge in [0.15, 0.2) is 0 Å². The first-order valence-corrected chi connectivity index (χ1v) is 7.71. The highest BCUT2D eigenvalue weighted by Crippen LogP contribution is 2.13. The summed E-state index contributed by atoms with van der Waals surface area (Å²) < 4.78 is 17.5. The van der Waals surface area contributed by atoms with Gasteiger partial charge in [0.2, 0.25) is 0 Å². The van der Waals surface area contributed by atoms with Crippen molar-refractivity contribution < 1.29 is 8.95 Å². The second-order valence-electron chi connectivity index (χ2n) is 4.73. The van der Waals surface area contributed by atoms with Gasteiger partial charge in [0.05, 0.1) is 12.4 Å². The summed E-state index contributed by atoms with van der Waals surface area (Å²) in [5.41, 5.74) is 6.61. The predicted molar refractivity (Wildman–Crippen MR) is 77.1 cm³/mol. The van der Waals surface area contributed by atoms with Crippen LogP contribution >= 0.6 is 0 Å². The van der Waals surface area contributed by atoms with Crippen molar-refractivity contribution in [3.8, 4) is 5.75 Å². The molecule has 0 saturated carbocycles. The first-order chi connectivity index (χ1) is 8.54. The molecule has 0 fully saturated rings. The van der Waals surface area contributed by atoms with Gasteiger partial charge in [-0.3, -0.25) is 4.21 Å². The van der Waals surface area contributed by atoms with E-state index in [4.69, 9.17) is 10.5 Å². The number of benzene rings is 1. The third-order valence-electron chi connectivity index (χ3n) is 3.04. The summed E-state index contributed by atoms with van der Waals surface area (Å²) in [6, 6.07) is 7.71. The maximum absolute atomic E-state index is 11.9. The molecular formula is C14H23NO2S. The van der Waals surface area contributed by atoms with E-state index >= 15 is 0 Å². The third kappa shape index (κ3) is 4.78. The van der Waals surface area contributed by atoms with Crippen LogP contribution in [0.25, 0.3) is 0 Å². The lowest BCUT2D eigenvalue weighted by atomic mass is 10.2. The van der Waals surface area contributed by atoms with Crippen LogP contribution < -0.4 is 10.5 Å². The highest BCUT2D eigenvalue weighted by atomic mass is 32.2. The van der Waals surface area contributed by atoms with Gasteiger partial charge in [-0.05, 0) is 23.6 Å². The fraction of sp³-hybridized carbons (Fsp3) is 0.571. The monoisotopic (exact) mass is 269 g/mol. The van der Waals surface area contributed by atoms with Gasteiger partial charge in [0.25, 0.3) is 0 Å². The second kappa shape index (κ2) is 7.54. The second-order valence-corrected chi connectivity index (χ2v) is 6.65. The Kier molecular flexibility index (Phi) is 6.36. The summed E-state index contributed by atoms with van der Waals surface area (Å²) in [6.07, 6.45) is 0. The van der Waals surface area contributed by atoms with Crippen LogP contribution in [-0.4, -0.2) is 21.8 Å². The molecule has 0 aliphatic heterocycles. The van der Waals surface area contributed by atoms with E-state index in [0.717, 1.165) is 11.3 Å². The molecule has 0 radical (unpaired) electrons. The highest BCUT2D eigenvalue weighted by molar-refractivity contribution is 7.85. The van der Waals surface area contributed by atoms with Crippen molar-refractivity contribution in [2.24, 2.45) is 11.7 Å². The van der Waals surface area contributed by atoms with E-state index in [1.54, 1.807) is 0 Å². The molecule has 0 saturated heterocycles. The summed E-state index contributed by atoms with van der Waals surface area (Å²) in [6.45, 7) is 7.20. The summed E-state index contributed by atoms with van der Waals surface area (Å²) in [7, 11) is -0.825. The quantitative estimate of drug-likeness (QED) is 0.826. The maximum Gasteiger partial charge on any atom is 0.119 e. The molecule has 0 aliphatic carbocycles. The molecule has 0 aliphatic rings. The molecule has 1 aromatic rings. The highest BCUT2D eigenvalue weighted by Gasteiger charge is 2.14. The van der Waals surface area contributed by atoms with Crippen molar-refractivity contribution in [2.75, 3.05) is 12.4 Å². The average Bonchev–Trinajstić information content (AvgIpc) is 2.37. The van der Waals surface area contributed by atoms with Crippen molar-refractivity contribution in [2.45, 2.75) is 32.6 Å². The zero-order chi connectivity index (χ0) is 13.5. The minimum absolute atomic E-state index is 0.212. The molecule has 0 amide bonds. The average molecular weight is 269 g/mol. The molecule has 1 aromatic carbocycles. The van der Waals surface area contributed by atoms with Crippen molar-refractivity contribution in [1.29, 1.82) is 0 Å². The first-order valence-electron chi connectivity index (χ1n) is 6.33. The van der Waals surface area contributed by atoms with E-state index in [9.17, 15) is 4.21 Å². The Labute approximate surface area is 112 Å². The van der Waals surface area contributed by atoms with Crippen molar-refractivity contribution in [3.63, 3.8) is 0 Å². The Hall–Kier alpha value is -0.870. The lowest BCUT2D eigenvalue weighted by Crippen LogP contribution is -2.22. The van der Waals surface area contributed by atoms with E-state index in [1.165, 1.54) is 0 Å². The largest absolute Gasteiger partial charge is 0.493 e. The molecule has 0 spiro atoms. The molecule has 18 heavy (non-hydrogen) atoms. The first kappa shape index (κ1) is 15.2. The maximum atomic E-state index is 11.9. The van der Waals surface area contributed by atoms with Crippen LogP contribution in [0.4, 0.5) is 0 Å². The summed E-state index contributed by atoms with van der Waals surface area (Å²) in [5, 5.41) is 0.212. The molecule has 1 rings (SSSR count). The van der Waals surface area contributed by atoms with E-state index in [-0.39, 0.29) is 5.25 Å². The molecule has 0 bridgehead atoms. The van der Waals surface area contributed by atoms with Gasteiger partial charge in [0.1, 0.15) is 5.75 Å².